The van der Waals surface area contributed by atoms with Crippen LogP contribution in [0.2, 0.25) is 0 Å². The number of hydrogen-bond donors (Lipinski definition) is 0. The standard InChI is InChI=1S/C14H11F2N/c15-13-8-4-7-12(14(13)16)10-17-9-11-5-2-1-3-6-11/h1-8,10H,9H2. The summed E-state index contributed by atoms with van der Waals surface area (Å²) in [5.41, 5.74) is 1.20. The van der Waals surface area contributed by atoms with E-state index in [0.29, 0.717) is 6.54 Å². The molecule has 0 atom stereocenters. The molecule has 0 bridgehead atoms. The van der Waals surface area contributed by atoms with Crippen molar-refractivity contribution in [3.05, 3.63) is 71.3 Å². The molecule has 0 heterocycles. The maximum absolute atomic E-state index is 13.3. The molecular formula is C14H11F2N. The zero-order valence-electron chi connectivity index (χ0n) is 9.11. The largest absolute Gasteiger partial charge is 0.288 e. The maximum Gasteiger partial charge on any atom is 0.167 e. The van der Waals surface area contributed by atoms with E-state index in [2.05, 4.69) is 4.99 Å². The summed E-state index contributed by atoms with van der Waals surface area (Å²) in [5, 5.41) is 0. The van der Waals surface area contributed by atoms with Crippen LogP contribution in [-0.2, 0) is 6.54 Å². The van der Waals surface area contributed by atoms with Gasteiger partial charge in [0, 0.05) is 11.8 Å². The van der Waals surface area contributed by atoms with Gasteiger partial charge < -0.3 is 0 Å². The Morgan fingerprint density at radius 3 is 2.47 bits per heavy atom. The molecule has 0 aliphatic rings. The van der Waals surface area contributed by atoms with E-state index in [-0.39, 0.29) is 5.56 Å². The summed E-state index contributed by atoms with van der Waals surface area (Å²) in [5.74, 6) is -1.71. The van der Waals surface area contributed by atoms with E-state index in [9.17, 15) is 8.78 Å². The zero-order valence-corrected chi connectivity index (χ0v) is 9.11. The minimum absolute atomic E-state index is 0.168. The van der Waals surface area contributed by atoms with Crippen molar-refractivity contribution in [3.63, 3.8) is 0 Å². The summed E-state index contributed by atoms with van der Waals surface area (Å²) in [6.45, 7) is 0.455. The van der Waals surface area contributed by atoms with Crippen LogP contribution in [0.5, 0.6) is 0 Å². The van der Waals surface area contributed by atoms with Crippen LogP contribution in [0.4, 0.5) is 8.78 Å². The minimum atomic E-state index is -0.857. The average Bonchev–Trinajstić information content (AvgIpc) is 2.36. The number of halogens is 2. The fraction of sp³-hybridized carbons (Fsp3) is 0.0714. The van der Waals surface area contributed by atoms with Crippen LogP contribution in [-0.4, -0.2) is 6.21 Å². The Kier molecular flexibility index (Phi) is 3.60. The Balaban J connectivity index is 2.09. The molecule has 0 saturated heterocycles. The van der Waals surface area contributed by atoms with E-state index >= 15 is 0 Å². The third-order valence-electron chi connectivity index (χ3n) is 2.33. The third kappa shape index (κ3) is 2.97. The molecule has 0 N–H and O–H groups in total. The van der Waals surface area contributed by atoms with Gasteiger partial charge in [0.05, 0.1) is 6.54 Å². The van der Waals surface area contributed by atoms with Gasteiger partial charge in [0.1, 0.15) is 0 Å². The van der Waals surface area contributed by atoms with E-state index in [1.807, 2.05) is 30.3 Å². The van der Waals surface area contributed by atoms with Crippen LogP contribution in [0.15, 0.2) is 53.5 Å². The molecule has 2 aromatic rings. The highest BCUT2D eigenvalue weighted by atomic mass is 19.2. The molecule has 0 unspecified atom stereocenters. The van der Waals surface area contributed by atoms with Crippen molar-refractivity contribution in [1.29, 1.82) is 0 Å². The fourth-order valence-electron chi connectivity index (χ4n) is 1.45. The first-order valence-corrected chi connectivity index (χ1v) is 5.25. The van der Waals surface area contributed by atoms with Crippen LogP contribution < -0.4 is 0 Å². The normalized spacial score (nSPS) is 10.9. The Hall–Kier alpha value is -2.03. The topological polar surface area (TPSA) is 12.4 Å². The Labute approximate surface area is 98.4 Å². The highest BCUT2D eigenvalue weighted by molar-refractivity contribution is 5.79. The predicted octanol–water partition coefficient (Wildman–Crippen LogP) is 3.58. The molecule has 2 aromatic carbocycles. The van der Waals surface area contributed by atoms with Crippen molar-refractivity contribution < 1.29 is 8.78 Å². The molecule has 2 rings (SSSR count). The summed E-state index contributed by atoms with van der Waals surface area (Å²) in [7, 11) is 0. The maximum atomic E-state index is 13.3. The zero-order chi connectivity index (χ0) is 12.1. The first-order chi connectivity index (χ1) is 8.27. The van der Waals surface area contributed by atoms with E-state index in [0.717, 1.165) is 11.6 Å². The Morgan fingerprint density at radius 1 is 0.941 bits per heavy atom. The smallest absolute Gasteiger partial charge is 0.167 e. The van der Waals surface area contributed by atoms with Crippen LogP contribution in [0.25, 0.3) is 0 Å². The third-order valence-corrected chi connectivity index (χ3v) is 2.33. The molecular weight excluding hydrogens is 220 g/mol. The van der Waals surface area contributed by atoms with Crippen molar-refractivity contribution in [3.8, 4) is 0 Å². The minimum Gasteiger partial charge on any atom is -0.288 e. The summed E-state index contributed by atoms with van der Waals surface area (Å²) in [4.78, 5) is 4.08. The van der Waals surface area contributed by atoms with Gasteiger partial charge in [0.2, 0.25) is 0 Å². The van der Waals surface area contributed by atoms with E-state index in [1.165, 1.54) is 18.3 Å². The van der Waals surface area contributed by atoms with E-state index < -0.39 is 11.6 Å². The molecule has 86 valence electrons. The predicted molar refractivity (Wildman–Crippen MR) is 64.1 cm³/mol. The lowest BCUT2D eigenvalue weighted by atomic mass is 10.2. The first-order valence-electron chi connectivity index (χ1n) is 5.25. The highest BCUT2D eigenvalue weighted by Crippen LogP contribution is 2.09. The van der Waals surface area contributed by atoms with Gasteiger partial charge in [-0.15, -0.1) is 0 Å². The van der Waals surface area contributed by atoms with Gasteiger partial charge in [0.15, 0.2) is 11.6 Å². The molecule has 0 radical (unpaired) electrons. The van der Waals surface area contributed by atoms with E-state index in [1.54, 1.807) is 0 Å². The monoisotopic (exact) mass is 231 g/mol. The van der Waals surface area contributed by atoms with Crippen LogP contribution >= 0.6 is 0 Å². The second-order valence-corrected chi connectivity index (χ2v) is 3.60. The lowest BCUT2D eigenvalue weighted by Gasteiger charge is -1.98. The van der Waals surface area contributed by atoms with Crippen molar-refractivity contribution in [2.24, 2.45) is 4.99 Å². The van der Waals surface area contributed by atoms with Gasteiger partial charge in [-0.05, 0) is 11.6 Å². The first kappa shape index (κ1) is 11.5. The summed E-state index contributed by atoms with van der Waals surface area (Å²) in [6.07, 6.45) is 1.35. The Bertz CT molecular complexity index is 521. The van der Waals surface area contributed by atoms with Gasteiger partial charge in [0.25, 0.3) is 0 Å². The molecule has 3 heteroatoms. The summed E-state index contributed by atoms with van der Waals surface area (Å²) < 4.78 is 26.2. The Morgan fingerprint density at radius 2 is 1.71 bits per heavy atom. The van der Waals surface area contributed by atoms with Crippen molar-refractivity contribution in [2.75, 3.05) is 0 Å². The fourth-order valence-corrected chi connectivity index (χ4v) is 1.45. The van der Waals surface area contributed by atoms with Gasteiger partial charge in [-0.25, -0.2) is 8.78 Å². The quantitative estimate of drug-likeness (QED) is 0.716. The molecule has 17 heavy (non-hydrogen) atoms. The van der Waals surface area contributed by atoms with Gasteiger partial charge in [-0.3, -0.25) is 4.99 Å². The lowest BCUT2D eigenvalue weighted by molar-refractivity contribution is 0.507. The van der Waals surface area contributed by atoms with Crippen LogP contribution in [0.1, 0.15) is 11.1 Å². The number of benzene rings is 2. The van der Waals surface area contributed by atoms with Crippen molar-refractivity contribution in [2.45, 2.75) is 6.54 Å². The molecule has 0 spiro atoms. The van der Waals surface area contributed by atoms with Gasteiger partial charge in [-0.1, -0.05) is 42.5 Å². The highest BCUT2D eigenvalue weighted by Gasteiger charge is 2.04. The molecule has 0 aliphatic carbocycles. The second-order valence-electron chi connectivity index (χ2n) is 3.60. The average molecular weight is 231 g/mol. The number of hydrogen-bond acceptors (Lipinski definition) is 1. The molecule has 0 fully saturated rings. The molecule has 0 aromatic heterocycles. The number of rotatable bonds is 3. The number of aliphatic imine (C=N–C) groups is 1. The van der Waals surface area contributed by atoms with Gasteiger partial charge >= 0.3 is 0 Å². The van der Waals surface area contributed by atoms with Crippen LogP contribution in [0.3, 0.4) is 0 Å². The summed E-state index contributed by atoms with van der Waals surface area (Å²) in [6, 6.07) is 13.6. The van der Waals surface area contributed by atoms with Gasteiger partial charge in [-0.2, -0.15) is 0 Å². The second kappa shape index (κ2) is 5.34. The molecule has 0 saturated carbocycles. The lowest BCUT2D eigenvalue weighted by Crippen LogP contribution is -1.92. The van der Waals surface area contributed by atoms with Crippen molar-refractivity contribution >= 4 is 6.21 Å². The SMILES string of the molecule is Fc1cccc(C=NCc2ccccc2)c1F. The molecule has 0 amide bonds. The summed E-state index contributed by atoms with van der Waals surface area (Å²) >= 11 is 0. The van der Waals surface area contributed by atoms with Crippen molar-refractivity contribution in [1.82, 2.24) is 0 Å². The number of nitrogens with zero attached hydrogens (tertiary/aromatic N) is 1. The van der Waals surface area contributed by atoms with E-state index in [4.69, 9.17) is 0 Å². The van der Waals surface area contributed by atoms with Crippen LogP contribution in [0, 0.1) is 11.6 Å². The molecule has 0 aliphatic heterocycles. The molecule has 1 nitrogen and oxygen atoms in total.